The van der Waals surface area contributed by atoms with Crippen molar-refractivity contribution in [1.82, 2.24) is 5.32 Å². The lowest BCUT2D eigenvalue weighted by molar-refractivity contribution is 0.255. The molecule has 0 saturated carbocycles. The summed E-state index contributed by atoms with van der Waals surface area (Å²) in [6, 6.07) is 0. The van der Waals surface area contributed by atoms with Gasteiger partial charge in [0.15, 0.2) is 0 Å². The molecule has 0 amide bonds. The Bertz CT molecular complexity index is 189. The van der Waals surface area contributed by atoms with Gasteiger partial charge in [-0.1, -0.05) is 34.3 Å². The summed E-state index contributed by atoms with van der Waals surface area (Å²) in [6.45, 7) is 15.6. The highest BCUT2D eigenvalue weighted by Gasteiger charge is 2.24. The number of nitrogens with one attached hydrogen (secondary N) is 1. The van der Waals surface area contributed by atoms with Gasteiger partial charge >= 0.3 is 0 Å². The molecular formula is C13H28N2. The lowest BCUT2D eigenvalue weighted by Gasteiger charge is -2.31. The lowest BCUT2D eigenvalue weighted by atomic mass is 9.80. The third kappa shape index (κ3) is 8.49. The van der Waals surface area contributed by atoms with Crippen molar-refractivity contribution in [3.63, 3.8) is 0 Å². The van der Waals surface area contributed by atoms with E-state index in [9.17, 15) is 0 Å². The molecule has 0 aliphatic rings. The van der Waals surface area contributed by atoms with Crippen LogP contribution in [-0.4, -0.2) is 12.1 Å². The quantitative estimate of drug-likeness (QED) is 0.710. The van der Waals surface area contributed by atoms with Gasteiger partial charge in [0.2, 0.25) is 0 Å². The Hall–Kier alpha value is -0.500. The first-order chi connectivity index (χ1) is 6.66. The third-order valence-electron chi connectivity index (χ3n) is 2.43. The summed E-state index contributed by atoms with van der Waals surface area (Å²) in [5, 5.41) is 3.10. The van der Waals surface area contributed by atoms with Crippen LogP contribution in [-0.2, 0) is 0 Å². The molecule has 0 radical (unpaired) electrons. The Morgan fingerprint density at radius 2 is 1.80 bits per heavy atom. The minimum atomic E-state index is -0.140. The number of rotatable bonds is 6. The molecule has 15 heavy (non-hydrogen) atoms. The summed E-state index contributed by atoms with van der Waals surface area (Å²) in [5.74, 6) is 0.659. The van der Waals surface area contributed by atoms with Crippen molar-refractivity contribution in [3.8, 4) is 0 Å². The molecule has 0 fully saturated rings. The van der Waals surface area contributed by atoms with E-state index in [1.54, 1.807) is 6.20 Å². The molecule has 2 nitrogen and oxygen atoms in total. The van der Waals surface area contributed by atoms with E-state index in [-0.39, 0.29) is 5.54 Å². The van der Waals surface area contributed by atoms with E-state index in [0.717, 1.165) is 13.0 Å². The molecule has 0 aliphatic heterocycles. The van der Waals surface area contributed by atoms with Gasteiger partial charge in [-0.2, -0.15) is 0 Å². The maximum atomic E-state index is 6.21. The van der Waals surface area contributed by atoms with Crippen LogP contribution in [0, 0.1) is 11.3 Å². The lowest BCUT2D eigenvalue weighted by Crippen LogP contribution is -2.46. The van der Waals surface area contributed by atoms with Crippen LogP contribution in [0.15, 0.2) is 12.8 Å². The molecule has 0 aromatic heterocycles. The van der Waals surface area contributed by atoms with Crippen LogP contribution in [0.4, 0.5) is 0 Å². The molecule has 0 aromatic carbocycles. The maximum absolute atomic E-state index is 6.21. The predicted molar refractivity (Wildman–Crippen MR) is 68.6 cm³/mol. The predicted octanol–water partition coefficient (Wildman–Crippen LogP) is 2.90. The summed E-state index contributed by atoms with van der Waals surface area (Å²) >= 11 is 0. The van der Waals surface area contributed by atoms with Gasteiger partial charge in [-0.25, -0.2) is 0 Å². The first-order valence-corrected chi connectivity index (χ1v) is 5.79. The maximum Gasteiger partial charge on any atom is 0.0319 e. The molecule has 0 rings (SSSR count). The molecule has 2 atom stereocenters. The van der Waals surface area contributed by atoms with Gasteiger partial charge in [-0.15, -0.1) is 0 Å². The van der Waals surface area contributed by atoms with Crippen molar-refractivity contribution in [1.29, 1.82) is 0 Å². The average Bonchev–Trinajstić information content (AvgIpc) is 1.95. The summed E-state index contributed by atoms with van der Waals surface area (Å²) in [7, 11) is 0. The topological polar surface area (TPSA) is 38.0 Å². The minimum absolute atomic E-state index is 0.140. The standard InChI is InChI=1S/C13H28N2/c1-7-15-10-13(6,14)9-11(2)8-12(3,4)5/h7,11,15H,1,8-10,14H2,2-6H3. The Balaban J connectivity index is 4.03. The van der Waals surface area contributed by atoms with Gasteiger partial charge in [-0.3, -0.25) is 0 Å². The molecular weight excluding hydrogens is 184 g/mol. The van der Waals surface area contributed by atoms with Crippen molar-refractivity contribution >= 4 is 0 Å². The van der Waals surface area contributed by atoms with Crippen LogP contribution in [0.2, 0.25) is 0 Å². The zero-order chi connectivity index (χ0) is 12.1. The molecule has 0 aromatic rings. The third-order valence-corrected chi connectivity index (χ3v) is 2.43. The SMILES string of the molecule is C=CNCC(C)(N)CC(C)CC(C)(C)C. The highest BCUT2D eigenvalue weighted by molar-refractivity contribution is 4.86. The normalized spacial score (nSPS) is 18.0. The highest BCUT2D eigenvalue weighted by atomic mass is 14.9. The fourth-order valence-electron chi connectivity index (χ4n) is 2.29. The molecule has 0 heterocycles. The highest BCUT2D eigenvalue weighted by Crippen LogP contribution is 2.28. The zero-order valence-corrected chi connectivity index (χ0v) is 11.1. The summed E-state index contributed by atoms with van der Waals surface area (Å²) in [6.07, 6.45) is 3.97. The van der Waals surface area contributed by atoms with Crippen molar-refractivity contribution in [2.45, 2.75) is 53.0 Å². The van der Waals surface area contributed by atoms with Crippen LogP contribution in [0.1, 0.15) is 47.5 Å². The minimum Gasteiger partial charge on any atom is -0.390 e. The molecule has 0 bridgehead atoms. The monoisotopic (exact) mass is 212 g/mol. The van der Waals surface area contributed by atoms with E-state index >= 15 is 0 Å². The average molecular weight is 212 g/mol. The molecule has 2 heteroatoms. The van der Waals surface area contributed by atoms with E-state index in [1.807, 2.05) is 0 Å². The molecule has 0 spiro atoms. The smallest absolute Gasteiger partial charge is 0.0319 e. The second kappa shape index (κ2) is 5.55. The summed E-state index contributed by atoms with van der Waals surface area (Å²) in [4.78, 5) is 0. The second-order valence-electron chi connectivity index (χ2n) is 6.31. The molecule has 0 saturated heterocycles. The number of hydrogen-bond acceptors (Lipinski definition) is 2. The fourth-order valence-corrected chi connectivity index (χ4v) is 2.29. The first-order valence-electron chi connectivity index (χ1n) is 5.79. The Morgan fingerprint density at radius 3 is 2.20 bits per heavy atom. The van der Waals surface area contributed by atoms with Gasteiger partial charge in [-0.05, 0) is 37.3 Å². The molecule has 90 valence electrons. The largest absolute Gasteiger partial charge is 0.390 e. The molecule has 2 unspecified atom stereocenters. The Kier molecular flexibility index (Phi) is 5.36. The van der Waals surface area contributed by atoms with Crippen LogP contribution >= 0.6 is 0 Å². The van der Waals surface area contributed by atoms with E-state index < -0.39 is 0 Å². The van der Waals surface area contributed by atoms with Gasteiger partial charge in [0.1, 0.15) is 0 Å². The van der Waals surface area contributed by atoms with Crippen LogP contribution < -0.4 is 11.1 Å². The van der Waals surface area contributed by atoms with Gasteiger partial charge < -0.3 is 11.1 Å². The van der Waals surface area contributed by atoms with Gasteiger partial charge in [0, 0.05) is 12.1 Å². The van der Waals surface area contributed by atoms with Gasteiger partial charge in [0.25, 0.3) is 0 Å². The van der Waals surface area contributed by atoms with Crippen LogP contribution in [0.25, 0.3) is 0 Å². The van der Waals surface area contributed by atoms with E-state index in [4.69, 9.17) is 5.73 Å². The Morgan fingerprint density at radius 1 is 1.27 bits per heavy atom. The van der Waals surface area contributed by atoms with E-state index in [1.165, 1.54) is 6.42 Å². The summed E-state index contributed by atoms with van der Waals surface area (Å²) < 4.78 is 0. The number of hydrogen-bond donors (Lipinski definition) is 2. The fraction of sp³-hybridized carbons (Fsp3) is 0.846. The Labute approximate surface area is 95.3 Å². The zero-order valence-electron chi connectivity index (χ0n) is 11.1. The second-order valence-corrected chi connectivity index (χ2v) is 6.31. The summed E-state index contributed by atoms with van der Waals surface area (Å²) in [5.41, 5.74) is 6.46. The van der Waals surface area contributed by atoms with Crippen LogP contribution in [0.5, 0.6) is 0 Å². The van der Waals surface area contributed by atoms with Gasteiger partial charge in [0.05, 0.1) is 0 Å². The van der Waals surface area contributed by atoms with Crippen molar-refractivity contribution in [3.05, 3.63) is 12.8 Å². The molecule has 3 N–H and O–H groups in total. The number of nitrogens with two attached hydrogens (primary N) is 1. The first kappa shape index (κ1) is 14.5. The van der Waals surface area contributed by atoms with Crippen molar-refractivity contribution < 1.29 is 0 Å². The van der Waals surface area contributed by atoms with Crippen molar-refractivity contribution in [2.75, 3.05) is 6.54 Å². The molecule has 0 aliphatic carbocycles. The van der Waals surface area contributed by atoms with Crippen molar-refractivity contribution in [2.24, 2.45) is 17.1 Å². The van der Waals surface area contributed by atoms with E-state index in [2.05, 4.69) is 46.5 Å². The van der Waals surface area contributed by atoms with Crippen LogP contribution in [0.3, 0.4) is 0 Å². The van der Waals surface area contributed by atoms with E-state index in [0.29, 0.717) is 11.3 Å².